The lowest BCUT2D eigenvalue weighted by Crippen LogP contribution is -2.12. The van der Waals surface area contributed by atoms with Gasteiger partial charge < -0.3 is 14.8 Å². The van der Waals surface area contributed by atoms with Crippen molar-refractivity contribution in [1.29, 1.82) is 0 Å². The molecule has 2 aromatic carbocycles. The highest BCUT2D eigenvalue weighted by molar-refractivity contribution is 6.07. The van der Waals surface area contributed by atoms with Crippen molar-refractivity contribution >= 4 is 34.2 Å². The van der Waals surface area contributed by atoms with E-state index in [4.69, 9.17) is 9.47 Å². The van der Waals surface area contributed by atoms with Crippen molar-refractivity contribution in [2.45, 2.75) is 33.8 Å². The normalized spacial score (nSPS) is 10.8. The number of ether oxygens (including phenoxy) is 2. The van der Waals surface area contributed by atoms with Gasteiger partial charge in [0.2, 0.25) is 0 Å². The Hall–Kier alpha value is -3.41. The second-order valence-corrected chi connectivity index (χ2v) is 6.94. The number of aromatic nitrogens is 1. The fourth-order valence-electron chi connectivity index (χ4n) is 2.88. The van der Waals surface area contributed by atoms with Crippen molar-refractivity contribution in [2.75, 3.05) is 11.9 Å². The molecule has 150 valence electrons. The van der Waals surface area contributed by atoms with Crippen LogP contribution in [0.5, 0.6) is 0 Å². The molecule has 0 spiro atoms. The number of hydrogen-bond acceptors (Lipinski definition) is 6. The summed E-state index contributed by atoms with van der Waals surface area (Å²) < 4.78 is 10.5. The van der Waals surface area contributed by atoms with Crippen molar-refractivity contribution in [1.82, 2.24) is 4.98 Å². The third kappa shape index (κ3) is 4.71. The molecular weight excluding hydrogens is 368 g/mol. The first-order chi connectivity index (χ1) is 13.9. The largest absolute Gasteiger partial charge is 0.462 e. The molecule has 0 atom stereocenters. The summed E-state index contributed by atoms with van der Waals surface area (Å²) >= 11 is 0. The average molecular weight is 392 g/mol. The molecule has 3 rings (SSSR count). The van der Waals surface area contributed by atoms with Gasteiger partial charge in [-0.25, -0.2) is 9.59 Å². The summed E-state index contributed by atoms with van der Waals surface area (Å²) in [5.74, 6) is -0.906. The van der Waals surface area contributed by atoms with Crippen LogP contribution in [0.2, 0.25) is 0 Å². The van der Waals surface area contributed by atoms with Crippen LogP contribution in [-0.4, -0.2) is 29.6 Å². The maximum absolute atomic E-state index is 12.5. The van der Waals surface area contributed by atoms with Gasteiger partial charge in [-0.3, -0.25) is 4.98 Å². The van der Waals surface area contributed by atoms with Gasteiger partial charge >= 0.3 is 11.9 Å². The summed E-state index contributed by atoms with van der Waals surface area (Å²) in [5.41, 5.74) is 3.81. The van der Waals surface area contributed by atoms with E-state index >= 15 is 0 Å². The highest BCUT2D eigenvalue weighted by Gasteiger charge is 2.19. The van der Waals surface area contributed by atoms with E-state index in [2.05, 4.69) is 10.3 Å². The van der Waals surface area contributed by atoms with Gasteiger partial charge in [-0.1, -0.05) is 17.7 Å². The molecule has 6 heteroatoms. The van der Waals surface area contributed by atoms with Crippen molar-refractivity contribution in [3.63, 3.8) is 0 Å². The standard InChI is InChI=1S/C23H24N2O4/c1-5-28-23(27)19-13-24-20-11-8-16(22(26)29-14(2)3)12-18(20)21(19)25-17-9-6-15(4)7-10-17/h6-14H,5H2,1-4H3,(H,24,25). The molecule has 0 saturated carbocycles. The minimum absolute atomic E-state index is 0.229. The number of carbonyl (C=O) groups excluding carboxylic acids is 2. The first kappa shape index (κ1) is 20.3. The molecule has 29 heavy (non-hydrogen) atoms. The van der Waals surface area contributed by atoms with E-state index in [0.717, 1.165) is 11.3 Å². The molecule has 0 fully saturated rings. The van der Waals surface area contributed by atoms with Crippen LogP contribution >= 0.6 is 0 Å². The van der Waals surface area contributed by atoms with Gasteiger partial charge in [0.1, 0.15) is 5.56 Å². The Bertz CT molecular complexity index is 1040. The summed E-state index contributed by atoms with van der Waals surface area (Å²) in [6.45, 7) is 7.59. The van der Waals surface area contributed by atoms with Gasteiger partial charge in [0.15, 0.2) is 0 Å². The van der Waals surface area contributed by atoms with E-state index in [0.29, 0.717) is 27.7 Å². The van der Waals surface area contributed by atoms with Gasteiger partial charge in [-0.15, -0.1) is 0 Å². The Morgan fingerprint density at radius 1 is 1.07 bits per heavy atom. The number of hydrogen-bond donors (Lipinski definition) is 1. The summed E-state index contributed by atoms with van der Waals surface area (Å²) in [6, 6.07) is 12.9. The van der Waals surface area contributed by atoms with E-state index in [1.807, 2.05) is 31.2 Å². The second-order valence-electron chi connectivity index (χ2n) is 6.94. The van der Waals surface area contributed by atoms with Crippen LogP contribution in [0.4, 0.5) is 11.4 Å². The van der Waals surface area contributed by atoms with Gasteiger partial charge in [0.05, 0.1) is 29.5 Å². The molecule has 3 aromatic rings. The lowest BCUT2D eigenvalue weighted by atomic mass is 10.1. The lowest BCUT2D eigenvalue weighted by molar-refractivity contribution is 0.0377. The quantitative estimate of drug-likeness (QED) is 0.593. The van der Waals surface area contributed by atoms with Crippen molar-refractivity contribution in [3.8, 4) is 0 Å². The van der Waals surface area contributed by atoms with E-state index in [-0.39, 0.29) is 12.7 Å². The molecule has 0 unspecified atom stereocenters. The summed E-state index contributed by atoms with van der Waals surface area (Å²) in [7, 11) is 0. The van der Waals surface area contributed by atoms with E-state index in [9.17, 15) is 9.59 Å². The molecule has 0 amide bonds. The number of anilines is 2. The number of carbonyl (C=O) groups is 2. The van der Waals surface area contributed by atoms with E-state index in [1.54, 1.807) is 39.0 Å². The van der Waals surface area contributed by atoms with Crippen LogP contribution in [-0.2, 0) is 9.47 Å². The smallest absolute Gasteiger partial charge is 0.341 e. The molecule has 0 aliphatic carbocycles. The molecule has 1 N–H and O–H groups in total. The SMILES string of the molecule is CCOC(=O)c1cnc2ccc(C(=O)OC(C)C)cc2c1Nc1ccc(C)cc1. The number of benzene rings is 2. The minimum Gasteiger partial charge on any atom is -0.462 e. The maximum Gasteiger partial charge on any atom is 0.341 e. The molecule has 6 nitrogen and oxygen atoms in total. The van der Waals surface area contributed by atoms with Crippen LogP contribution < -0.4 is 5.32 Å². The molecular formula is C23H24N2O4. The Kier molecular flexibility index (Phi) is 6.12. The Morgan fingerprint density at radius 2 is 1.79 bits per heavy atom. The molecule has 0 aliphatic rings. The zero-order chi connectivity index (χ0) is 21.0. The molecule has 1 heterocycles. The lowest BCUT2D eigenvalue weighted by Gasteiger charge is -2.15. The number of fused-ring (bicyclic) bond motifs is 1. The Balaban J connectivity index is 2.14. The molecule has 1 aromatic heterocycles. The number of esters is 2. The third-order valence-electron chi connectivity index (χ3n) is 4.26. The van der Waals surface area contributed by atoms with Crippen LogP contribution in [0.1, 0.15) is 47.1 Å². The van der Waals surface area contributed by atoms with Crippen LogP contribution in [0.15, 0.2) is 48.7 Å². The minimum atomic E-state index is -0.480. The first-order valence-corrected chi connectivity index (χ1v) is 9.53. The maximum atomic E-state index is 12.5. The van der Waals surface area contributed by atoms with Gasteiger partial charge in [-0.2, -0.15) is 0 Å². The van der Waals surface area contributed by atoms with Gasteiger partial charge in [0.25, 0.3) is 0 Å². The van der Waals surface area contributed by atoms with Crippen molar-refractivity contribution < 1.29 is 19.1 Å². The predicted molar refractivity (Wildman–Crippen MR) is 113 cm³/mol. The second kappa shape index (κ2) is 8.73. The molecule has 0 radical (unpaired) electrons. The zero-order valence-electron chi connectivity index (χ0n) is 17.0. The fourth-order valence-corrected chi connectivity index (χ4v) is 2.88. The van der Waals surface area contributed by atoms with Gasteiger partial charge in [0, 0.05) is 17.3 Å². The van der Waals surface area contributed by atoms with Crippen molar-refractivity contribution in [2.24, 2.45) is 0 Å². The van der Waals surface area contributed by atoms with E-state index < -0.39 is 11.9 Å². The van der Waals surface area contributed by atoms with E-state index in [1.165, 1.54) is 6.20 Å². The average Bonchev–Trinajstić information content (AvgIpc) is 2.69. The predicted octanol–water partition coefficient (Wildman–Crippen LogP) is 5.03. The van der Waals surface area contributed by atoms with Crippen LogP contribution in [0, 0.1) is 6.92 Å². The number of pyridine rings is 1. The monoisotopic (exact) mass is 392 g/mol. The first-order valence-electron chi connectivity index (χ1n) is 9.53. The molecule has 0 saturated heterocycles. The Morgan fingerprint density at radius 3 is 2.45 bits per heavy atom. The van der Waals surface area contributed by atoms with Crippen molar-refractivity contribution in [3.05, 3.63) is 65.4 Å². The number of nitrogens with zero attached hydrogens (tertiary/aromatic N) is 1. The zero-order valence-corrected chi connectivity index (χ0v) is 17.0. The van der Waals surface area contributed by atoms with Crippen LogP contribution in [0.25, 0.3) is 10.9 Å². The van der Waals surface area contributed by atoms with Crippen LogP contribution in [0.3, 0.4) is 0 Å². The summed E-state index contributed by atoms with van der Waals surface area (Å²) in [6.07, 6.45) is 1.26. The highest BCUT2D eigenvalue weighted by atomic mass is 16.5. The number of aryl methyl sites for hydroxylation is 1. The fraction of sp³-hybridized carbons (Fsp3) is 0.261. The Labute approximate surface area is 169 Å². The summed E-state index contributed by atoms with van der Waals surface area (Å²) in [4.78, 5) is 29.3. The summed E-state index contributed by atoms with van der Waals surface area (Å²) in [5, 5.41) is 3.93. The molecule has 0 bridgehead atoms. The topological polar surface area (TPSA) is 77.5 Å². The molecule has 0 aliphatic heterocycles. The third-order valence-corrected chi connectivity index (χ3v) is 4.26. The van der Waals surface area contributed by atoms with Gasteiger partial charge in [-0.05, 0) is 58.0 Å². The highest BCUT2D eigenvalue weighted by Crippen LogP contribution is 2.31. The number of rotatable bonds is 6. The number of nitrogens with one attached hydrogen (secondary N) is 1.